The summed E-state index contributed by atoms with van der Waals surface area (Å²) in [5.41, 5.74) is 6.46. The highest BCUT2D eigenvalue weighted by Crippen LogP contribution is 2.19. The molecule has 0 bridgehead atoms. The lowest BCUT2D eigenvalue weighted by Gasteiger charge is -2.04. The molecule has 1 heterocycles. The largest absolute Gasteiger partial charge is 0.497 e. The van der Waals surface area contributed by atoms with Crippen LogP contribution in [-0.4, -0.2) is 17.1 Å². The van der Waals surface area contributed by atoms with Crippen LogP contribution in [0.1, 0.15) is 5.56 Å². The van der Waals surface area contributed by atoms with Crippen molar-refractivity contribution in [2.75, 3.05) is 7.11 Å². The van der Waals surface area contributed by atoms with Crippen molar-refractivity contribution in [1.82, 2.24) is 9.97 Å². The summed E-state index contributed by atoms with van der Waals surface area (Å²) >= 11 is 0. The zero-order chi connectivity index (χ0) is 12.3. The third-order valence-corrected chi connectivity index (χ3v) is 2.44. The number of benzene rings is 1. The molecule has 0 radical (unpaired) electrons. The van der Waals surface area contributed by atoms with Crippen molar-refractivity contribution in [1.29, 1.82) is 0 Å². The number of nitrogens with one attached hydrogen (secondary N) is 1. The summed E-state index contributed by atoms with van der Waals surface area (Å²) in [6, 6.07) is 7.32. The Morgan fingerprint density at radius 3 is 2.94 bits per heavy atom. The van der Waals surface area contributed by atoms with Gasteiger partial charge in [-0.15, -0.1) is 0 Å². The molecule has 17 heavy (non-hydrogen) atoms. The molecule has 0 aliphatic heterocycles. The number of H-pyrrole nitrogens is 1. The van der Waals surface area contributed by atoms with Crippen LogP contribution in [-0.2, 0) is 6.54 Å². The van der Waals surface area contributed by atoms with Crippen LogP contribution in [0.3, 0.4) is 0 Å². The van der Waals surface area contributed by atoms with Crippen molar-refractivity contribution in [3.8, 4) is 17.1 Å². The first kappa shape index (κ1) is 11.3. The Bertz CT molecular complexity index is 578. The van der Waals surface area contributed by atoms with Crippen LogP contribution < -0.4 is 16.0 Å². The number of aromatic amines is 1. The van der Waals surface area contributed by atoms with Crippen LogP contribution in [0, 0.1) is 0 Å². The van der Waals surface area contributed by atoms with Gasteiger partial charge in [-0.3, -0.25) is 4.79 Å². The van der Waals surface area contributed by atoms with E-state index in [1.807, 2.05) is 18.2 Å². The zero-order valence-corrected chi connectivity index (χ0v) is 9.43. The topological polar surface area (TPSA) is 81.0 Å². The molecule has 2 rings (SSSR count). The third kappa shape index (κ3) is 2.34. The van der Waals surface area contributed by atoms with E-state index in [1.54, 1.807) is 13.2 Å². The lowest BCUT2D eigenvalue weighted by molar-refractivity contribution is 0.415. The Morgan fingerprint density at radius 1 is 1.47 bits per heavy atom. The second-order valence-corrected chi connectivity index (χ2v) is 3.52. The van der Waals surface area contributed by atoms with Gasteiger partial charge in [-0.2, -0.15) is 0 Å². The smallest absolute Gasteiger partial charge is 0.255 e. The first-order valence-electron chi connectivity index (χ1n) is 5.17. The van der Waals surface area contributed by atoms with Crippen LogP contribution in [0.25, 0.3) is 11.4 Å². The Kier molecular flexibility index (Phi) is 3.20. The highest BCUT2D eigenvalue weighted by molar-refractivity contribution is 5.57. The van der Waals surface area contributed by atoms with Gasteiger partial charge in [0.15, 0.2) is 0 Å². The molecule has 5 nitrogen and oxygen atoms in total. The molecule has 1 aromatic carbocycles. The molecule has 88 valence electrons. The second-order valence-electron chi connectivity index (χ2n) is 3.52. The minimum absolute atomic E-state index is 0.181. The van der Waals surface area contributed by atoms with E-state index >= 15 is 0 Å². The van der Waals surface area contributed by atoms with Gasteiger partial charge in [0.25, 0.3) is 5.56 Å². The quantitative estimate of drug-likeness (QED) is 0.822. The van der Waals surface area contributed by atoms with Crippen LogP contribution in [0.4, 0.5) is 0 Å². The van der Waals surface area contributed by atoms with E-state index in [2.05, 4.69) is 9.97 Å². The third-order valence-electron chi connectivity index (χ3n) is 2.44. The summed E-state index contributed by atoms with van der Waals surface area (Å²) in [4.78, 5) is 18.4. The van der Waals surface area contributed by atoms with Crippen molar-refractivity contribution >= 4 is 0 Å². The fourth-order valence-electron chi connectivity index (χ4n) is 1.48. The molecule has 3 N–H and O–H groups in total. The molecule has 0 amide bonds. The number of methoxy groups -OCH3 is 1. The van der Waals surface area contributed by atoms with Crippen molar-refractivity contribution in [2.45, 2.75) is 6.54 Å². The average Bonchev–Trinajstić information content (AvgIpc) is 2.38. The number of hydrogen-bond acceptors (Lipinski definition) is 4. The highest BCUT2D eigenvalue weighted by Gasteiger charge is 2.04. The monoisotopic (exact) mass is 231 g/mol. The lowest BCUT2D eigenvalue weighted by Crippen LogP contribution is -2.17. The number of rotatable bonds is 3. The molecule has 0 fully saturated rings. The Balaban J connectivity index is 2.46. The van der Waals surface area contributed by atoms with E-state index < -0.39 is 0 Å². The maximum atomic E-state index is 11.6. The molecule has 0 spiro atoms. The van der Waals surface area contributed by atoms with Gasteiger partial charge in [0.1, 0.15) is 11.6 Å². The number of nitrogens with zero attached hydrogens (tertiary/aromatic N) is 1. The number of ether oxygens (including phenoxy) is 1. The van der Waals surface area contributed by atoms with E-state index in [0.29, 0.717) is 17.1 Å². The molecular weight excluding hydrogens is 218 g/mol. The lowest BCUT2D eigenvalue weighted by atomic mass is 10.2. The average molecular weight is 231 g/mol. The first-order valence-corrected chi connectivity index (χ1v) is 5.17. The minimum Gasteiger partial charge on any atom is -0.497 e. The Labute approximate surface area is 98.3 Å². The van der Waals surface area contributed by atoms with E-state index in [4.69, 9.17) is 10.5 Å². The molecule has 0 atom stereocenters. The number of aromatic nitrogens is 2. The van der Waals surface area contributed by atoms with Gasteiger partial charge in [0.2, 0.25) is 0 Å². The normalized spacial score (nSPS) is 10.2. The summed E-state index contributed by atoms with van der Waals surface area (Å²) in [6.45, 7) is 0.181. The van der Waals surface area contributed by atoms with Gasteiger partial charge in [-0.05, 0) is 12.1 Å². The summed E-state index contributed by atoms with van der Waals surface area (Å²) in [6.07, 6.45) is 1.49. The van der Waals surface area contributed by atoms with Crippen LogP contribution in [0.15, 0.2) is 35.3 Å². The molecule has 0 saturated carbocycles. The predicted octanol–water partition coefficient (Wildman–Crippen LogP) is 0.904. The molecular formula is C12H13N3O2. The highest BCUT2D eigenvalue weighted by atomic mass is 16.5. The van der Waals surface area contributed by atoms with Crippen LogP contribution in [0.5, 0.6) is 5.75 Å². The summed E-state index contributed by atoms with van der Waals surface area (Å²) in [5, 5.41) is 0. The van der Waals surface area contributed by atoms with Gasteiger partial charge < -0.3 is 15.5 Å². The molecule has 0 aliphatic rings. The SMILES string of the molecule is COc1cccc(-c2ncc(CN)c(=O)[nH]2)c1. The Morgan fingerprint density at radius 2 is 2.29 bits per heavy atom. The molecule has 2 aromatic rings. The van der Waals surface area contributed by atoms with Crippen molar-refractivity contribution in [2.24, 2.45) is 5.73 Å². The van der Waals surface area contributed by atoms with Crippen molar-refractivity contribution in [3.63, 3.8) is 0 Å². The van der Waals surface area contributed by atoms with Gasteiger partial charge in [-0.25, -0.2) is 4.98 Å². The van der Waals surface area contributed by atoms with E-state index in [0.717, 1.165) is 5.56 Å². The molecule has 1 aromatic heterocycles. The van der Waals surface area contributed by atoms with Crippen molar-refractivity contribution < 1.29 is 4.74 Å². The molecule has 0 saturated heterocycles. The Hall–Kier alpha value is -2.14. The van der Waals surface area contributed by atoms with E-state index in [1.165, 1.54) is 6.20 Å². The second kappa shape index (κ2) is 4.80. The standard InChI is InChI=1S/C12H13N3O2/c1-17-10-4-2-3-8(5-10)11-14-7-9(6-13)12(16)15-11/h2-5,7H,6,13H2,1H3,(H,14,15,16). The number of nitrogens with two attached hydrogens (primary N) is 1. The minimum atomic E-state index is -0.208. The van der Waals surface area contributed by atoms with Crippen LogP contribution in [0.2, 0.25) is 0 Å². The first-order chi connectivity index (χ1) is 8.24. The summed E-state index contributed by atoms with van der Waals surface area (Å²) in [5.74, 6) is 1.22. The van der Waals surface area contributed by atoms with Gasteiger partial charge >= 0.3 is 0 Å². The van der Waals surface area contributed by atoms with E-state index in [-0.39, 0.29) is 12.1 Å². The number of hydrogen-bond donors (Lipinski definition) is 2. The maximum Gasteiger partial charge on any atom is 0.255 e. The van der Waals surface area contributed by atoms with Gasteiger partial charge in [-0.1, -0.05) is 12.1 Å². The summed E-state index contributed by atoms with van der Waals surface area (Å²) in [7, 11) is 1.59. The fraction of sp³-hybridized carbons (Fsp3) is 0.167. The molecule has 5 heteroatoms. The van der Waals surface area contributed by atoms with Gasteiger partial charge in [0, 0.05) is 23.9 Å². The van der Waals surface area contributed by atoms with Crippen LogP contribution >= 0.6 is 0 Å². The summed E-state index contributed by atoms with van der Waals surface area (Å²) < 4.78 is 5.11. The van der Waals surface area contributed by atoms with E-state index in [9.17, 15) is 4.79 Å². The zero-order valence-electron chi connectivity index (χ0n) is 9.43. The molecule has 0 unspecified atom stereocenters. The maximum absolute atomic E-state index is 11.6. The molecule has 0 aliphatic carbocycles. The van der Waals surface area contributed by atoms with Crippen molar-refractivity contribution in [3.05, 3.63) is 46.4 Å². The van der Waals surface area contributed by atoms with Gasteiger partial charge in [0.05, 0.1) is 7.11 Å². The fourth-order valence-corrected chi connectivity index (χ4v) is 1.48. The predicted molar refractivity (Wildman–Crippen MR) is 64.7 cm³/mol.